The Hall–Kier alpha value is -1.64. The van der Waals surface area contributed by atoms with Crippen LogP contribution in [-0.4, -0.2) is 16.9 Å². The molecule has 15 heavy (non-hydrogen) atoms. The number of aliphatic carboxylic acids is 1. The first kappa shape index (κ1) is 11.4. The third kappa shape index (κ3) is 3.54. The molecule has 0 saturated carbocycles. The van der Waals surface area contributed by atoms with Gasteiger partial charge in [-0.15, -0.1) is 0 Å². The Morgan fingerprint density at radius 2 is 1.87 bits per heavy atom. The Labute approximate surface area is 88.7 Å². The molecule has 0 aliphatic rings. The quantitative estimate of drug-likeness (QED) is 0.752. The van der Waals surface area contributed by atoms with Crippen LogP contribution in [0.15, 0.2) is 30.3 Å². The van der Waals surface area contributed by atoms with Crippen molar-refractivity contribution in [2.45, 2.75) is 19.8 Å². The van der Waals surface area contributed by atoms with Gasteiger partial charge in [0, 0.05) is 17.9 Å². The zero-order valence-electron chi connectivity index (χ0n) is 8.64. The molecule has 0 fully saturated rings. The van der Waals surface area contributed by atoms with Gasteiger partial charge in [0.15, 0.2) is 5.78 Å². The molecule has 1 N–H and O–H groups in total. The fourth-order valence-electron chi connectivity index (χ4n) is 1.36. The first-order valence-corrected chi connectivity index (χ1v) is 4.92. The van der Waals surface area contributed by atoms with Crippen molar-refractivity contribution in [1.82, 2.24) is 0 Å². The van der Waals surface area contributed by atoms with E-state index < -0.39 is 5.97 Å². The molecule has 3 nitrogen and oxygen atoms in total. The highest BCUT2D eigenvalue weighted by Crippen LogP contribution is 2.13. The molecule has 0 unspecified atom stereocenters. The van der Waals surface area contributed by atoms with Crippen molar-refractivity contribution < 1.29 is 14.7 Å². The van der Waals surface area contributed by atoms with E-state index in [0.29, 0.717) is 12.0 Å². The Balaban J connectivity index is 2.57. The first-order valence-electron chi connectivity index (χ1n) is 4.92. The van der Waals surface area contributed by atoms with Crippen LogP contribution in [0.2, 0.25) is 0 Å². The van der Waals surface area contributed by atoms with Crippen molar-refractivity contribution >= 4 is 11.8 Å². The lowest BCUT2D eigenvalue weighted by Crippen LogP contribution is -2.12. The molecule has 1 rings (SSSR count). The average Bonchev–Trinajstić information content (AvgIpc) is 2.26. The van der Waals surface area contributed by atoms with Gasteiger partial charge in [-0.25, -0.2) is 0 Å². The molecule has 0 radical (unpaired) electrons. The van der Waals surface area contributed by atoms with E-state index in [0.717, 1.165) is 0 Å². The third-order valence-corrected chi connectivity index (χ3v) is 2.30. The molecular formula is C12H14O3. The van der Waals surface area contributed by atoms with E-state index in [9.17, 15) is 9.59 Å². The summed E-state index contributed by atoms with van der Waals surface area (Å²) in [5, 5.41) is 8.50. The first-order chi connectivity index (χ1) is 7.11. The largest absolute Gasteiger partial charge is 0.481 e. The SMILES string of the molecule is C[C@H](CCC(=O)O)C(=O)c1ccccc1. The van der Waals surface area contributed by atoms with Crippen LogP contribution in [0, 0.1) is 5.92 Å². The number of hydrogen-bond donors (Lipinski definition) is 1. The lowest BCUT2D eigenvalue weighted by molar-refractivity contribution is -0.137. The Kier molecular flexibility index (Phi) is 4.03. The minimum Gasteiger partial charge on any atom is -0.481 e. The van der Waals surface area contributed by atoms with Crippen molar-refractivity contribution in [2.75, 3.05) is 0 Å². The minimum atomic E-state index is -0.859. The Morgan fingerprint density at radius 3 is 2.40 bits per heavy atom. The lowest BCUT2D eigenvalue weighted by atomic mass is 9.95. The molecule has 0 saturated heterocycles. The van der Waals surface area contributed by atoms with Crippen LogP contribution in [0.5, 0.6) is 0 Å². The summed E-state index contributed by atoms with van der Waals surface area (Å²) in [6.45, 7) is 1.76. The van der Waals surface area contributed by atoms with E-state index in [-0.39, 0.29) is 18.1 Å². The van der Waals surface area contributed by atoms with Crippen LogP contribution >= 0.6 is 0 Å². The van der Waals surface area contributed by atoms with Crippen LogP contribution in [0.25, 0.3) is 0 Å². The number of hydrogen-bond acceptors (Lipinski definition) is 2. The van der Waals surface area contributed by atoms with Gasteiger partial charge in [-0.05, 0) is 6.42 Å². The number of carboxylic acid groups (broad SMARTS) is 1. The van der Waals surface area contributed by atoms with Gasteiger partial charge in [-0.2, -0.15) is 0 Å². The standard InChI is InChI=1S/C12H14O3/c1-9(7-8-11(13)14)12(15)10-5-3-2-4-6-10/h2-6,9H,7-8H2,1H3,(H,13,14)/t9-/m1/s1. The summed E-state index contributed by atoms with van der Waals surface area (Å²) in [5.41, 5.74) is 0.649. The van der Waals surface area contributed by atoms with Crippen molar-refractivity contribution in [3.63, 3.8) is 0 Å². The molecule has 0 aliphatic carbocycles. The topological polar surface area (TPSA) is 54.4 Å². The molecule has 0 bridgehead atoms. The molecule has 80 valence electrons. The second-order valence-corrected chi connectivity index (χ2v) is 3.56. The Bertz CT molecular complexity index is 343. The summed E-state index contributed by atoms with van der Waals surface area (Å²) < 4.78 is 0. The van der Waals surface area contributed by atoms with Gasteiger partial charge in [0.25, 0.3) is 0 Å². The summed E-state index contributed by atoms with van der Waals surface area (Å²) in [7, 11) is 0. The number of rotatable bonds is 5. The molecule has 0 aromatic heterocycles. The number of ketones is 1. The van der Waals surface area contributed by atoms with E-state index in [2.05, 4.69) is 0 Å². The number of Topliss-reactive ketones (excluding diaryl/α,β-unsaturated/α-hetero) is 1. The van der Waals surface area contributed by atoms with Gasteiger partial charge in [0.05, 0.1) is 0 Å². The molecule has 3 heteroatoms. The van der Waals surface area contributed by atoms with E-state index in [1.54, 1.807) is 31.2 Å². The normalized spacial score (nSPS) is 12.1. The van der Waals surface area contributed by atoms with Crippen molar-refractivity contribution in [2.24, 2.45) is 5.92 Å². The molecule has 0 heterocycles. The maximum absolute atomic E-state index is 11.8. The Morgan fingerprint density at radius 1 is 1.27 bits per heavy atom. The summed E-state index contributed by atoms with van der Waals surface area (Å²) in [6.07, 6.45) is 0.433. The van der Waals surface area contributed by atoms with Crippen LogP contribution in [-0.2, 0) is 4.79 Å². The fraction of sp³-hybridized carbons (Fsp3) is 0.333. The van der Waals surface area contributed by atoms with Gasteiger partial charge in [0.1, 0.15) is 0 Å². The van der Waals surface area contributed by atoms with Gasteiger partial charge < -0.3 is 5.11 Å². The molecule has 0 spiro atoms. The summed E-state index contributed by atoms with van der Waals surface area (Å²) in [6, 6.07) is 8.95. The highest BCUT2D eigenvalue weighted by atomic mass is 16.4. The third-order valence-electron chi connectivity index (χ3n) is 2.30. The van der Waals surface area contributed by atoms with Crippen molar-refractivity contribution in [3.05, 3.63) is 35.9 Å². The van der Waals surface area contributed by atoms with Gasteiger partial charge in [-0.3, -0.25) is 9.59 Å². The van der Waals surface area contributed by atoms with Gasteiger partial charge in [0.2, 0.25) is 0 Å². The highest BCUT2D eigenvalue weighted by molar-refractivity contribution is 5.97. The monoisotopic (exact) mass is 206 g/mol. The molecule has 1 aromatic carbocycles. The molecule has 1 aromatic rings. The van der Waals surface area contributed by atoms with Crippen LogP contribution in [0.3, 0.4) is 0 Å². The predicted molar refractivity (Wildman–Crippen MR) is 56.8 cm³/mol. The predicted octanol–water partition coefficient (Wildman–Crippen LogP) is 2.37. The second kappa shape index (κ2) is 5.29. The molecular weight excluding hydrogens is 192 g/mol. The highest BCUT2D eigenvalue weighted by Gasteiger charge is 2.15. The summed E-state index contributed by atoms with van der Waals surface area (Å²) in [4.78, 5) is 22.1. The van der Waals surface area contributed by atoms with Crippen LogP contribution in [0.1, 0.15) is 30.1 Å². The van der Waals surface area contributed by atoms with Crippen LogP contribution in [0.4, 0.5) is 0 Å². The van der Waals surface area contributed by atoms with E-state index in [1.165, 1.54) is 0 Å². The second-order valence-electron chi connectivity index (χ2n) is 3.56. The lowest BCUT2D eigenvalue weighted by Gasteiger charge is -2.08. The zero-order chi connectivity index (χ0) is 11.3. The number of carbonyl (C=O) groups is 2. The minimum absolute atomic E-state index is 0.0110. The van der Waals surface area contributed by atoms with Crippen molar-refractivity contribution in [1.29, 1.82) is 0 Å². The summed E-state index contributed by atoms with van der Waals surface area (Å²) in [5.74, 6) is -1.08. The smallest absolute Gasteiger partial charge is 0.303 e. The molecule has 0 amide bonds. The summed E-state index contributed by atoms with van der Waals surface area (Å²) >= 11 is 0. The fourth-order valence-corrected chi connectivity index (χ4v) is 1.36. The number of benzene rings is 1. The van der Waals surface area contributed by atoms with Gasteiger partial charge >= 0.3 is 5.97 Å². The van der Waals surface area contributed by atoms with Gasteiger partial charge in [-0.1, -0.05) is 37.3 Å². The van der Waals surface area contributed by atoms with Crippen molar-refractivity contribution in [3.8, 4) is 0 Å². The number of carboxylic acids is 1. The molecule has 0 aliphatic heterocycles. The zero-order valence-corrected chi connectivity index (χ0v) is 8.64. The molecule has 1 atom stereocenters. The maximum atomic E-state index is 11.8. The number of carbonyl (C=O) groups excluding carboxylic acids is 1. The van der Waals surface area contributed by atoms with E-state index in [4.69, 9.17) is 5.11 Å². The maximum Gasteiger partial charge on any atom is 0.303 e. The van der Waals surface area contributed by atoms with Crippen LogP contribution < -0.4 is 0 Å². The van der Waals surface area contributed by atoms with E-state index >= 15 is 0 Å². The average molecular weight is 206 g/mol. The van der Waals surface area contributed by atoms with E-state index in [1.807, 2.05) is 6.07 Å².